The van der Waals surface area contributed by atoms with E-state index >= 15 is 0 Å². The number of unbranched alkanes of at least 4 members (excludes halogenated alkanes) is 1. The molecule has 0 fully saturated rings. The minimum Gasteiger partial charge on any atom is -0.366 e. The Morgan fingerprint density at radius 1 is 0.964 bits per heavy atom. The van der Waals surface area contributed by atoms with Crippen molar-refractivity contribution >= 4 is 17.4 Å². The first-order valence-corrected chi connectivity index (χ1v) is 9.97. The van der Waals surface area contributed by atoms with Gasteiger partial charge in [-0.2, -0.15) is 0 Å². The molecule has 3 rings (SSSR count). The predicted octanol–water partition coefficient (Wildman–Crippen LogP) is 3.53. The van der Waals surface area contributed by atoms with E-state index in [1.54, 1.807) is 12.4 Å². The summed E-state index contributed by atoms with van der Waals surface area (Å²) >= 11 is 0. The minimum absolute atomic E-state index is 0.172. The molecule has 146 valence electrons. The van der Waals surface area contributed by atoms with Crippen molar-refractivity contribution in [1.29, 1.82) is 0 Å². The van der Waals surface area contributed by atoms with Gasteiger partial charge in [0.25, 0.3) is 11.8 Å². The number of amides is 2. The van der Waals surface area contributed by atoms with E-state index in [1.807, 2.05) is 54.3 Å². The lowest BCUT2D eigenvalue weighted by atomic mass is 10.0. The molecule has 1 aromatic heterocycles. The molecule has 5 nitrogen and oxygen atoms in total. The summed E-state index contributed by atoms with van der Waals surface area (Å²) in [5.74, 6) is -0.351. The zero-order chi connectivity index (χ0) is 19.9. The number of imide groups is 1. The van der Waals surface area contributed by atoms with Gasteiger partial charge in [0, 0.05) is 32.0 Å². The van der Waals surface area contributed by atoms with Crippen LogP contribution >= 0.6 is 0 Å². The van der Waals surface area contributed by atoms with Crippen LogP contribution in [0.2, 0.25) is 0 Å². The van der Waals surface area contributed by atoms with Crippen molar-refractivity contribution in [3.63, 3.8) is 0 Å². The van der Waals surface area contributed by atoms with E-state index in [0.717, 1.165) is 30.4 Å². The first-order chi connectivity index (χ1) is 13.7. The summed E-state index contributed by atoms with van der Waals surface area (Å²) in [4.78, 5) is 33.9. The van der Waals surface area contributed by atoms with Crippen molar-refractivity contribution in [3.05, 3.63) is 71.7 Å². The fraction of sp³-hybridized carbons (Fsp3) is 0.348. The lowest BCUT2D eigenvalue weighted by Gasteiger charge is -2.25. The second-order valence-electron chi connectivity index (χ2n) is 6.89. The maximum atomic E-state index is 13.2. The molecular formula is C23H27N3O2. The van der Waals surface area contributed by atoms with Gasteiger partial charge in [0.15, 0.2) is 0 Å². The van der Waals surface area contributed by atoms with E-state index < -0.39 is 0 Å². The molecule has 0 bridgehead atoms. The zero-order valence-electron chi connectivity index (χ0n) is 16.6. The minimum atomic E-state index is -0.179. The van der Waals surface area contributed by atoms with Crippen LogP contribution in [0, 0.1) is 0 Å². The lowest BCUT2D eigenvalue weighted by Crippen LogP contribution is -2.36. The van der Waals surface area contributed by atoms with Crippen molar-refractivity contribution < 1.29 is 9.59 Å². The van der Waals surface area contributed by atoms with Crippen LogP contribution in [0.3, 0.4) is 0 Å². The summed E-state index contributed by atoms with van der Waals surface area (Å²) in [5.41, 5.74) is 3.02. The Morgan fingerprint density at radius 3 is 2.32 bits per heavy atom. The molecule has 2 heterocycles. The first kappa shape index (κ1) is 19.8. The van der Waals surface area contributed by atoms with Crippen LogP contribution in [0.15, 0.2) is 60.6 Å². The number of carbonyl (C=O) groups is 2. The number of rotatable bonds is 9. The summed E-state index contributed by atoms with van der Waals surface area (Å²) in [6.07, 6.45) is 6.09. The van der Waals surface area contributed by atoms with E-state index in [9.17, 15) is 9.59 Å². The third-order valence-corrected chi connectivity index (χ3v) is 5.06. The number of aromatic nitrogens is 1. The van der Waals surface area contributed by atoms with Gasteiger partial charge < -0.3 is 4.90 Å². The molecule has 0 aliphatic carbocycles. The summed E-state index contributed by atoms with van der Waals surface area (Å²) in [7, 11) is 0. The molecule has 0 unspecified atom stereocenters. The Hall–Kier alpha value is -2.95. The molecule has 2 amide bonds. The van der Waals surface area contributed by atoms with Crippen molar-refractivity contribution in [2.45, 2.75) is 33.1 Å². The number of carbonyl (C=O) groups excluding carboxylic acids is 2. The average molecular weight is 377 g/mol. The molecule has 1 aliphatic heterocycles. The Labute approximate surface area is 166 Å². The molecule has 0 N–H and O–H groups in total. The fourth-order valence-electron chi connectivity index (χ4n) is 3.48. The fourth-order valence-corrected chi connectivity index (χ4v) is 3.48. The van der Waals surface area contributed by atoms with Crippen LogP contribution in [0.5, 0.6) is 0 Å². The van der Waals surface area contributed by atoms with Crippen LogP contribution in [-0.2, 0) is 16.0 Å². The van der Waals surface area contributed by atoms with Crippen LogP contribution in [0.1, 0.15) is 37.8 Å². The third kappa shape index (κ3) is 4.14. The molecule has 0 saturated carbocycles. The maximum Gasteiger partial charge on any atom is 0.277 e. The number of hydrogen-bond acceptors (Lipinski definition) is 4. The van der Waals surface area contributed by atoms with E-state index in [4.69, 9.17) is 0 Å². The Bertz CT molecular complexity index is 847. The Kier molecular flexibility index (Phi) is 6.58. The lowest BCUT2D eigenvalue weighted by molar-refractivity contribution is -0.137. The van der Waals surface area contributed by atoms with E-state index in [0.29, 0.717) is 30.9 Å². The average Bonchev–Trinajstić information content (AvgIpc) is 2.98. The van der Waals surface area contributed by atoms with Crippen LogP contribution in [-0.4, -0.2) is 46.2 Å². The van der Waals surface area contributed by atoms with Crippen molar-refractivity contribution in [2.24, 2.45) is 0 Å². The van der Waals surface area contributed by atoms with Gasteiger partial charge in [0.2, 0.25) is 0 Å². The largest absolute Gasteiger partial charge is 0.366 e. The molecule has 0 atom stereocenters. The van der Waals surface area contributed by atoms with E-state index in [-0.39, 0.29) is 11.8 Å². The standard InChI is InChI=1S/C23H27N3O2/c1-3-5-16-26-22(27)20(19-9-7-6-8-10-19)21(23(26)28)25(4-2)17-13-18-11-14-24-15-12-18/h6-12,14-15H,3-5,13,16-17H2,1-2H3. The van der Waals surface area contributed by atoms with Gasteiger partial charge in [-0.25, -0.2) is 0 Å². The first-order valence-electron chi connectivity index (χ1n) is 9.97. The van der Waals surface area contributed by atoms with Gasteiger partial charge in [-0.3, -0.25) is 19.5 Å². The van der Waals surface area contributed by atoms with Gasteiger partial charge in [-0.05, 0) is 43.0 Å². The normalized spacial score (nSPS) is 14.1. The topological polar surface area (TPSA) is 53.5 Å². The molecule has 28 heavy (non-hydrogen) atoms. The van der Waals surface area contributed by atoms with Gasteiger partial charge in [-0.1, -0.05) is 43.7 Å². The molecule has 5 heteroatoms. The van der Waals surface area contributed by atoms with Gasteiger partial charge in [0.05, 0.1) is 5.57 Å². The van der Waals surface area contributed by atoms with Crippen LogP contribution < -0.4 is 0 Å². The summed E-state index contributed by atoms with van der Waals surface area (Å²) in [5, 5.41) is 0. The van der Waals surface area contributed by atoms with Gasteiger partial charge >= 0.3 is 0 Å². The maximum absolute atomic E-state index is 13.2. The monoisotopic (exact) mass is 377 g/mol. The Morgan fingerprint density at radius 2 is 1.68 bits per heavy atom. The number of nitrogens with zero attached hydrogens (tertiary/aromatic N) is 3. The number of pyridine rings is 1. The van der Waals surface area contributed by atoms with Crippen molar-refractivity contribution in [2.75, 3.05) is 19.6 Å². The van der Waals surface area contributed by atoms with Crippen molar-refractivity contribution in [1.82, 2.24) is 14.8 Å². The summed E-state index contributed by atoms with van der Waals surface area (Å²) in [6, 6.07) is 13.5. The van der Waals surface area contributed by atoms with Crippen molar-refractivity contribution in [3.8, 4) is 0 Å². The highest BCUT2D eigenvalue weighted by Crippen LogP contribution is 2.31. The molecule has 0 spiro atoms. The molecule has 1 aliphatic rings. The zero-order valence-corrected chi connectivity index (χ0v) is 16.6. The number of likely N-dealkylation sites (N-methyl/N-ethyl adjacent to an activating group) is 1. The molecule has 1 aromatic carbocycles. The highest BCUT2D eigenvalue weighted by atomic mass is 16.2. The second-order valence-corrected chi connectivity index (χ2v) is 6.89. The number of benzene rings is 1. The molecule has 0 saturated heterocycles. The van der Waals surface area contributed by atoms with Crippen LogP contribution in [0.4, 0.5) is 0 Å². The smallest absolute Gasteiger partial charge is 0.277 e. The third-order valence-electron chi connectivity index (χ3n) is 5.06. The number of hydrogen-bond donors (Lipinski definition) is 0. The molecule has 2 aromatic rings. The summed E-state index contributed by atoms with van der Waals surface area (Å²) < 4.78 is 0. The predicted molar refractivity (Wildman–Crippen MR) is 110 cm³/mol. The SMILES string of the molecule is CCCCN1C(=O)C(c2ccccc2)=C(N(CC)CCc2ccncc2)C1=O. The quantitative estimate of drug-likeness (QED) is 0.628. The summed E-state index contributed by atoms with van der Waals surface area (Å²) in [6.45, 7) is 5.89. The van der Waals surface area contributed by atoms with E-state index in [1.165, 1.54) is 4.90 Å². The Balaban J connectivity index is 1.94. The second kappa shape index (κ2) is 9.31. The van der Waals surface area contributed by atoms with Gasteiger partial charge in [0.1, 0.15) is 5.70 Å². The van der Waals surface area contributed by atoms with E-state index in [2.05, 4.69) is 11.9 Å². The highest BCUT2D eigenvalue weighted by molar-refractivity contribution is 6.35. The highest BCUT2D eigenvalue weighted by Gasteiger charge is 2.40. The van der Waals surface area contributed by atoms with Crippen LogP contribution in [0.25, 0.3) is 5.57 Å². The molecule has 0 radical (unpaired) electrons. The molecular weight excluding hydrogens is 350 g/mol. The van der Waals surface area contributed by atoms with Gasteiger partial charge in [-0.15, -0.1) is 0 Å².